The van der Waals surface area contributed by atoms with Crippen LogP contribution >= 0.6 is 0 Å². The number of nitrogens with zero attached hydrogens (tertiary/aromatic N) is 3. The fourth-order valence-corrected chi connectivity index (χ4v) is 2.27. The van der Waals surface area contributed by atoms with Gasteiger partial charge < -0.3 is 9.80 Å². The predicted octanol–water partition coefficient (Wildman–Crippen LogP) is 0.236. The van der Waals surface area contributed by atoms with Crippen molar-refractivity contribution in [3.05, 3.63) is 18.0 Å². The summed E-state index contributed by atoms with van der Waals surface area (Å²) in [5.41, 5.74) is 0.961. The zero-order chi connectivity index (χ0) is 13.1. The number of nitrogens with one attached hydrogen (secondary N) is 1. The van der Waals surface area contributed by atoms with E-state index in [4.69, 9.17) is 0 Å². The van der Waals surface area contributed by atoms with Gasteiger partial charge in [0.15, 0.2) is 0 Å². The number of aromatic nitrogens is 2. The van der Waals surface area contributed by atoms with Gasteiger partial charge in [0.2, 0.25) is 11.8 Å². The fraction of sp³-hybridized carbons (Fsp3) is 0.583. The van der Waals surface area contributed by atoms with Crippen LogP contribution in [0.4, 0.5) is 0 Å². The number of hydrogen-bond acceptors (Lipinski definition) is 3. The molecule has 1 aromatic heterocycles. The molecule has 0 aliphatic carbocycles. The zero-order valence-electron chi connectivity index (χ0n) is 10.7. The minimum atomic E-state index is -0.200. The number of hydrogen-bond donors (Lipinski definition) is 1. The molecule has 1 aliphatic rings. The van der Waals surface area contributed by atoms with E-state index in [-0.39, 0.29) is 17.7 Å². The molecule has 1 atom stereocenters. The van der Waals surface area contributed by atoms with E-state index in [0.717, 1.165) is 5.56 Å². The normalized spacial score (nSPS) is 19.3. The van der Waals surface area contributed by atoms with Crippen molar-refractivity contribution in [2.24, 2.45) is 5.92 Å². The molecule has 0 aromatic carbocycles. The Balaban J connectivity index is 1.93. The second-order valence-corrected chi connectivity index (χ2v) is 4.63. The largest absolute Gasteiger partial charge is 0.342 e. The maximum absolute atomic E-state index is 12.2. The van der Waals surface area contributed by atoms with Crippen LogP contribution in [0.5, 0.6) is 0 Å². The summed E-state index contributed by atoms with van der Waals surface area (Å²) in [6.07, 6.45) is 3.80. The molecule has 18 heavy (non-hydrogen) atoms. The molecular formula is C12H18N4O2. The van der Waals surface area contributed by atoms with Crippen molar-refractivity contribution in [3.8, 4) is 0 Å². The lowest BCUT2D eigenvalue weighted by Gasteiger charge is -2.20. The van der Waals surface area contributed by atoms with Crippen molar-refractivity contribution in [1.82, 2.24) is 20.0 Å². The Labute approximate surface area is 106 Å². The van der Waals surface area contributed by atoms with E-state index >= 15 is 0 Å². The number of likely N-dealkylation sites (tertiary alicyclic amines) is 1. The topological polar surface area (TPSA) is 69.3 Å². The first-order valence-electron chi connectivity index (χ1n) is 6.12. The van der Waals surface area contributed by atoms with E-state index in [1.165, 1.54) is 0 Å². The van der Waals surface area contributed by atoms with Crippen LogP contribution in [0.15, 0.2) is 12.4 Å². The highest BCUT2D eigenvalue weighted by Crippen LogP contribution is 2.20. The monoisotopic (exact) mass is 250 g/mol. The lowest BCUT2D eigenvalue weighted by molar-refractivity contribution is -0.135. The third kappa shape index (κ3) is 2.52. The Morgan fingerprint density at radius 1 is 1.67 bits per heavy atom. The predicted molar refractivity (Wildman–Crippen MR) is 65.4 cm³/mol. The van der Waals surface area contributed by atoms with Crippen molar-refractivity contribution in [2.75, 3.05) is 20.1 Å². The molecule has 0 bridgehead atoms. The molecule has 1 saturated heterocycles. The molecule has 2 rings (SSSR count). The van der Waals surface area contributed by atoms with Crippen molar-refractivity contribution in [1.29, 1.82) is 0 Å². The fourth-order valence-electron chi connectivity index (χ4n) is 2.27. The van der Waals surface area contributed by atoms with Crippen molar-refractivity contribution in [3.63, 3.8) is 0 Å². The maximum atomic E-state index is 12.2. The van der Waals surface area contributed by atoms with Crippen LogP contribution in [0.1, 0.15) is 18.9 Å². The second-order valence-electron chi connectivity index (χ2n) is 4.63. The van der Waals surface area contributed by atoms with Gasteiger partial charge >= 0.3 is 0 Å². The van der Waals surface area contributed by atoms with Gasteiger partial charge in [0.1, 0.15) is 0 Å². The Bertz CT molecular complexity index is 429. The van der Waals surface area contributed by atoms with E-state index in [1.807, 2.05) is 6.92 Å². The Kier molecular flexibility index (Phi) is 3.64. The molecule has 2 heterocycles. The minimum absolute atomic E-state index is 0.0282. The molecule has 0 saturated carbocycles. The summed E-state index contributed by atoms with van der Waals surface area (Å²) in [5, 5.41) is 6.56. The number of carbonyl (C=O) groups is 2. The van der Waals surface area contributed by atoms with Crippen LogP contribution in [0.2, 0.25) is 0 Å². The smallest absolute Gasteiger partial charge is 0.228 e. The molecule has 1 fully saturated rings. The quantitative estimate of drug-likeness (QED) is 0.832. The summed E-state index contributed by atoms with van der Waals surface area (Å²) in [6, 6.07) is 0. The number of aromatic amines is 1. The standard InChI is InChI=1S/C12H18N4O2/c1-3-16-8-10(4-11(16)17)12(18)15(2)7-9-5-13-14-6-9/h5-6,10H,3-4,7-8H2,1-2H3,(H,13,14). The molecule has 0 radical (unpaired) electrons. The summed E-state index contributed by atoms with van der Waals surface area (Å²) < 4.78 is 0. The van der Waals surface area contributed by atoms with Gasteiger partial charge in [-0.1, -0.05) is 0 Å². The van der Waals surface area contributed by atoms with E-state index < -0.39 is 0 Å². The van der Waals surface area contributed by atoms with Gasteiger partial charge in [-0.15, -0.1) is 0 Å². The number of carbonyl (C=O) groups excluding carboxylic acids is 2. The van der Waals surface area contributed by atoms with Gasteiger partial charge in [0.25, 0.3) is 0 Å². The summed E-state index contributed by atoms with van der Waals surface area (Å²) in [6.45, 7) is 3.67. The summed E-state index contributed by atoms with van der Waals surface area (Å²) >= 11 is 0. The van der Waals surface area contributed by atoms with Gasteiger partial charge in [-0.25, -0.2) is 0 Å². The number of H-pyrrole nitrogens is 1. The molecule has 1 N–H and O–H groups in total. The van der Waals surface area contributed by atoms with Crippen molar-refractivity contribution >= 4 is 11.8 Å². The van der Waals surface area contributed by atoms with Crippen LogP contribution in [-0.2, 0) is 16.1 Å². The van der Waals surface area contributed by atoms with Gasteiger partial charge in [0.05, 0.1) is 12.1 Å². The molecule has 6 nitrogen and oxygen atoms in total. The average Bonchev–Trinajstić information content (AvgIpc) is 2.97. The number of rotatable bonds is 4. The van der Waals surface area contributed by atoms with E-state index in [1.54, 1.807) is 29.2 Å². The lowest BCUT2D eigenvalue weighted by Crippen LogP contribution is -2.34. The highest BCUT2D eigenvalue weighted by atomic mass is 16.2. The van der Waals surface area contributed by atoms with Gasteiger partial charge in [0, 0.05) is 44.9 Å². The zero-order valence-corrected chi connectivity index (χ0v) is 10.7. The van der Waals surface area contributed by atoms with Crippen LogP contribution in [-0.4, -0.2) is 51.9 Å². The molecule has 0 spiro atoms. The molecule has 1 unspecified atom stereocenters. The molecule has 6 heteroatoms. The van der Waals surface area contributed by atoms with Crippen LogP contribution in [0.3, 0.4) is 0 Å². The third-order valence-electron chi connectivity index (χ3n) is 3.30. The van der Waals surface area contributed by atoms with Crippen LogP contribution < -0.4 is 0 Å². The first-order chi connectivity index (χ1) is 8.61. The van der Waals surface area contributed by atoms with E-state index in [9.17, 15) is 9.59 Å². The lowest BCUT2D eigenvalue weighted by atomic mass is 10.1. The highest BCUT2D eigenvalue weighted by Gasteiger charge is 2.34. The average molecular weight is 250 g/mol. The minimum Gasteiger partial charge on any atom is -0.342 e. The molecule has 1 aromatic rings. The summed E-state index contributed by atoms with van der Waals surface area (Å²) in [4.78, 5) is 27.2. The summed E-state index contributed by atoms with van der Waals surface area (Å²) in [7, 11) is 1.76. The van der Waals surface area contributed by atoms with Gasteiger partial charge in [-0.2, -0.15) is 5.10 Å². The van der Waals surface area contributed by atoms with Gasteiger partial charge in [-0.05, 0) is 6.92 Å². The second kappa shape index (κ2) is 5.20. The molecule has 1 aliphatic heterocycles. The van der Waals surface area contributed by atoms with Crippen molar-refractivity contribution < 1.29 is 9.59 Å². The first-order valence-corrected chi connectivity index (χ1v) is 6.12. The molecule has 98 valence electrons. The first kappa shape index (κ1) is 12.6. The molecular weight excluding hydrogens is 232 g/mol. The van der Waals surface area contributed by atoms with Crippen LogP contribution in [0.25, 0.3) is 0 Å². The van der Waals surface area contributed by atoms with E-state index in [2.05, 4.69) is 10.2 Å². The van der Waals surface area contributed by atoms with Crippen LogP contribution in [0, 0.1) is 5.92 Å². The molecule has 2 amide bonds. The maximum Gasteiger partial charge on any atom is 0.228 e. The van der Waals surface area contributed by atoms with Crippen molar-refractivity contribution in [2.45, 2.75) is 19.9 Å². The van der Waals surface area contributed by atoms with E-state index in [0.29, 0.717) is 26.1 Å². The highest BCUT2D eigenvalue weighted by molar-refractivity contribution is 5.89. The Morgan fingerprint density at radius 2 is 2.44 bits per heavy atom. The number of amides is 2. The SMILES string of the molecule is CCN1CC(C(=O)N(C)Cc2cn[nH]c2)CC1=O. The summed E-state index contributed by atoms with van der Waals surface area (Å²) in [5.74, 6) is -0.0950. The Hall–Kier alpha value is -1.85. The van der Waals surface area contributed by atoms with Gasteiger partial charge in [-0.3, -0.25) is 14.7 Å². The third-order valence-corrected chi connectivity index (χ3v) is 3.30. The Morgan fingerprint density at radius 3 is 3.00 bits per heavy atom.